The fourth-order valence-corrected chi connectivity index (χ4v) is 5.71. The van der Waals surface area contributed by atoms with Crippen molar-refractivity contribution < 1.29 is 24.2 Å². The highest BCUT2D eigenvalue weighted by Gasteiger charge is 2.16. The molecule has 302 valence electrons. The molecule has 0 rings (SSSR count). The summed E-state index contributed by atoms with van der Waals surface area (Å²) in [6, 6.07) is 0. The zero-order chi connectivity index (χ0) is 38.6. The van der Waals surface area contributed by atoms with Crippen molar-refractivity contribution >= 4 is 11.9 Å². The van der Waals surface area contributed by atoms with Gasteiger partial charge in [0.1, 0.15) is 6.61 Å². The van der Waals surface area contributed by atoms with Crippen molar-refractivity contribution in [1.29, 1.82) is 0 Å². The number of ether oxygens (including phenoxy) is 2. The molecule has 5 heteroatoms. The first-order valence-electron chi connectivity index (χ1n) is 21.6. The maximum Gasteiger partial charge on any atom is 0.306 e. The lowest BCUT2D eigenvalue weighted by molar-refractivity contribution is -0.161. The molecule has 0 saturated carbocycles. The largest absolute Gasteiger partial charge is 0.462 e. The van der Waals surface area contributed by atoms with Crippen LogP contribution in [0, 0.1) is 0 Å². The van der Waals surface area contributed by atoms with Crippen LogP contribution in [0.1, 0.15) is 187 Å². The number of unbranched alkanes of at least 4 members (excludes halogenated alkanes) is 16. The van der Waals surface area contributed by atoms with Crippen LogP contribution in [0.25, 0.3) is 0 Å². The predicted molar refractivity (Wildman–Crippen MR) is 228 cm³/mol. The topological polar surface area (TPSA) is 72.8 Å². The number of carbonyl (C=O) groups excluding carboxylic acids is 2. The Bertz CT molecular complexity index is 1010. The summed E-state index contributed by atoms with van der Waals surface area (Å²) >= 11 is 0. The van der Waals surface area contributed by atoms with E-state index in [4.69, 9.17) is 9.47 Å². The molecule has 0 fully saturated rings. The maximum absolute atomic E-state index is 12.2. The van der Waals surface area contributed by atoms with E-state index in [0.717, 1.165) is 89.9 Å². The van der Waals surface area contributed by atoms with Crippen molar-refractivity contribution in [1.82, 2.24) is 0 Å². The SMILES string of the molecule is CC/C=C\C/C=C\C/C=C\C/C=C\C/C=C\C/C=C\C/C=C\CCCCCCCCCC(=O)OC(CO)COC(=O)CCCCCCCCCCCC. The molecule has 0 bridgehead atoms. The van der Waals surface area contributed by atoms with Gasteiger partial charge < -0.3 is 14.6 Å². The molecule has 0 aliphatic carbocycles. The maximum atomic E-state index is 12.2. The molecular formula is C48H80O5. The van der Waals surface area contributed by atoms with Gasteiger partial charge >= 0.3 is 11.9 Å². The molecule has 0 aromatic heterocycles. The summed E-state index contributed by atoms with van der Waals surface area (Å²) < 4.78 is 10.6. The highest BCUT2D eigenvalue weighted by Crippen LogP contribution is 2.13. The van der Waals surface area contributed by atoms with E-state index in [9.17, 15) is 14.7 Å². The number of allylic oxidation sites excluding steroid dienone is 14. The van der Waals surface area contributed by atoms with Crippen LogP contribution in [0.4, 0.5) is 0 Å². The minimum absolute atomic E-state index is 0.0729. The predicted octanol–water partition coefficient (Wildman–Crippen LogP) is 13.9. The van der Waals surface area contributed by atoms with Crippen molar-refractivity contribution in [2.45, 2.75) is 193 Å². The molecule has 0 spiro atoms. The molecule has 0 aromatic carbocycles. The summed E-state index contributed by atoms with van der Waals surface area (Å²) in [5, 5.41) is 9.55. The first-order valence-corrected chi connectivity index (χ1v) is 21.6. The number of aliphatic hydroxyl groups excluding tert-OH is 1. The molecule has 0 saturated heterocycles. The van der Waals surface area contributed by atoms with Gasteiger partial charge in [0, 0.05) is 12.8 Å². The van der Waals surface area contributed by atoms with Gasteiger partial charge in [0.2, 0.25) is 0 Å². The summed E-state index contributed by atoms with van der Waals surface area (Å²) in [6.45, 7) is 3.99. The number of carbonyl (C=O) groups is 2. The molecule has 0 heterocycles. The molecule has 1 N–H and O–H groups in total. The van der Waals surface area contributed by atoms with E-state index in [1.807, 2.05) is 0 Å². The molecule has 0 aliphatic heterocycles. The van der Waals surface area contributed by atoms with Crippen molar-refractivity contribution in [2.75, 3.05) is 13.2 Å². The molecule has 1 atom stereocenters. The summed E-state index contributed by atoms with van der Waals surface area (Å²) in [5.41, 5.74) is 0. The fraction of sp³-hybridized carbons (Fsp3) is 0.667. The van der Waals surface area contributed by atoms with Gasteiger partial charge in [-0.05, 0) is 70.6 Å². The molecule has 0 amide bonds. The number of rotatable bonds is 38. The Balaban J connectivity index is 3.61. The van der Waals surface area contributed by atoms with Gasteiger partial charge in [-0.3, -0.25) is 9.59 Å². The van der Waals surface area contributed by atoms with Crippen LogP contribution < -0.4 is 0 Å². The minimum Gasteiger partial charge on any atom is -0.462 e. The third kappa shape index (κ3) is 41.7. The van der Waals surface area contributed by atoms with Gasteiger partial charge in [-0.1, -0.05) is 189 Å². The third-order valence-electron chi connectivity index (χ3n) is 8.95. The normalized spacial score (nSPS) is 13.0. The zero-order valence-electron chi connectivity index (χ0n) is 34.2. The molecular weight excluding hydrogens is 657 g/mol. The number of aliphatic hydroxyl groups is 1. The average Bonchev–Trinajstić information content (AvgIpc) is 3.16. The summed E-state index contributed by atoms with van der Waals surface area (Å²) in [4.78, 5) is 24.2. The fourth-order valence-electron chi connectivity index (χ4n) is 5.71. The van der Waals surface area contributed by atoms with Crippen LogP contribution in [0.15, 0.2) is 85.1 Å². The third-order valence-corrected chi connectivity index (χ3v) is 8.95. The lowest BCUT2D eigenvalue weighted by atomic mass is 10.1. The Morgan fingerprint density at radius 1 is 0.453 bits per heavy atom. The van der Waals surface area contributed by atoms with Crippen molar-refractivity contribution in [3.05, 3.63) is 85.1 Å². The highest BCUT2D eigenvalue weighted by atomic mass is 16.6. The Kier molecular flexibility index (Phi) is 41.1. The van der Waals surface area contributed by atoms with E-state index in [0.29, 0.717) is 12.8 Å². The second kappa shape index (κ2) is 43.5. The Morgan fingerprint density at radius 3 is 1.23 bits per heavy atom. The van der Waals surface area contributed by atoms with Crippen LogP contribution in [0.2, 0.25) is 0 Å². The summed E-state index contributed by atoms with van der Waals surface area (Å²) in [5.74, 6) is -0.610. The lowest BCUT2D eigenvalue weighted by Gasteiger charge is -2.15. The van der Waals surface area contributed by atoms with E-state index in [-0.39, 0.29) is 25.2 Å². The number of esters is 2. The van der Waals surface area contributed by atoms with Crippen LogP contribution in [-0.4, -0.2) is 36.4 Å². The average molecular weight is 737 g/mol. The van der Waals surface area contributed by atoms with E-state index in [1.165, 1.54) is 70.6 Å². The quantitative estimate of drug-likeness (QED) is 0.0388. The van der Waals surface area contributed by atoms with E-state index >= 15 is 0 Å². The van der Waals surface area contributed by atoms with Gasteiger partial charge in [0.25, 0.3) is 0 Å². The Morgan fingerprint density at radius 2 is 0.811 bits per heavy atom. The van der Waals surface area contributed by atoms with Crippen molar-refractivity contribution in [2.24, 2.45) is 0 Å². The van der Waals surface area contributed by atoms with Crippen LogP contribution in [-0.2, 0) is 19.1 Å². The van der Waals surface area contributed by atoms with Gasteiger partial charge in [0.05, 0.1) is 6.61 Å². The lowest BCUT2D eigenvalue weighted by Crippen LogP contribution is -2.28. The van der Waals surface area contributed by atoms with E-state index < -0.39 is 6.10 Å². The van der Waals surface area contributed by atoms with Crippen LogP contribution in [0.3, 0.4) is 0 Å². The summed E-state index contributed by atoms with van der Waals surface area (Å²) in [7, 11) is 0. The van der Waals surface area contributed by atoms with Gasteiger partial charge in [-0.2, -0.15) is 0 Å². The standard InChI is InChI=1S/C48H80O5/c1-3-5-7-9-11-13-15-16-17-18-19-20-21-22-23-24-25-26-27-28-29-30-31-32-33-35-37-39-41-43-48(51)53-46(44-49)45-52-47(50)42-40-38-36-34-14-12-10-8-6-4-2/h5,7,11,13,16-17,19-20,22-23,25-26,28-29,46,49H,3-4,6,8-10,12,14-15,18,21,24,27,30-45H2,1-2H3/b7-5-,13-11-,17-16-,20-19-,23-22-,26-25-,29-28-. The van der Waals surface area contributed by atoms with E-state index in [1.54, 1.807) is 0 Å². The van der Waals surface area contributed by atoms with Crippen molar-refractivity contribution in [3.8, 4) is 0 Å². The second-order valence-corrected chi connectivity index (χ2v) is 14.0. The van der Waals surface area contributed by atoms with Gasteiger partial charge in [0.15, 0.2) is 6.10 Å². The minimum atomic E-state index is -0.779. The number of hydrogen-bond acceptors (Lipinski definition) is 5. The molecule has 0 aromatic rings. The molecule has 5 nitrogen and oxygen atoms in total. The Labute approximate surface area is 326 Å². The molecule has 53 heavy (non-hydrogen) atoms. The van der Waals surface area contributed by atoms with Crippen LogP contribution >= 0.6 is 0 Å². The molecule has 0 radical (unpaired) electrons. The first-order chi connectivity index (χ1) is 26.1. The monoisotopic (exact) mass is 737 g/mol. The van der Waals surface area contributed by atoms with Crippen LogP contribution in [0.5, 0.6) is 0 Å². The zero-order valence-corrected chi connectivity index (χ0v) is 34.2. The first kappa shape index (κ1) is 50.1. The highest BCUT2D eigenvalue weighted by molar-refractivity contribution is 5.70. The van der Waals surface area contributed by atoms with Gasteiger partial charge in [-0.25, -0.2) is 0 Å². The molecule has 0 aliphatic rings. The van der Waals surface area contributed by atoms with Gasteiger partial charge in [-0.15, -0.1) is 0 Å². The second-order valence-electron chi connectivity index (χ2n) is 14.0. The van der Waals surface area contributed by atoms with E-state index in [2.05, 4.69) is 98.9 Å². The molecule has 1 unspecified atom stereocenters. The Hall–Kier alpha value is -2.92. The van der Waals surface area contributed by atoms with Crippen molar-refractivity contribution in [3.63, 3.8) is 0 Å². The summed E-state index contributed by atoms with van der Waals surface area (Å²) in [6.07, 6.45) is 59.4. The number of hydrogen-bond donors (Lipinski definition) is 1. The smallest absolute Gasteiger partial charge is 0.306 e.